The molecule has 0 aliphatic rings. The second kappa shape index (κ2) is 12.1. The number of nitriles is 1. The smallest absolute Gasteiger partial charge is 0.333 e. The standard InChI is InChI=1S/C26H25N5O6S/c1-17(2)26(34)37-15-7-14-28-38(35,36)21-12-10-19(11-13-21)29-30-23-18(3)22(16-27)24(32)31(25(23)33)20-8-5-4-6-9-20/h4-6,8-13,28,32H,1,7,14-15H2,2-3H3. The molecular formula is C26H25N5O6S. The highest BCUT2D eigenvalue weighted by molar-refractivity contribution is 7.89. The summed E-state index contributed by atoms with van der Waals surface area (Å²) >= 11 is 0. The van der Waals surface area contributed by atoms with Gasteiger partial charge < -0.3 is 9.84 Å². The average Bonchev–Trinajstić information content (AvgIpc) is 2.89. The molecule has 3 aromatic rings. The van der Waals surface area contributed by atoms with Crippen LogP contribution in [0.4, 0.5) is 11.4 Å². The first-order valence-corrected chi connectivity index (χ1v) is 12.8. The second-order valence-electron chi connectivity index (χ2n) is 8.12. The molecule has 0 amide bonds. The fourth-order valence-corrected chi connectivity index (χ4v) is 4.35. The van der Waals surface area contributed by atoms with Gasteiger partial charge in [0.2, 0.25) is 15.9 Å². The topological polar surface area (TPSA) is 163 Å². The van der Waals surface area contributed by atoms with Crippen molar-refractivity contribution in [3.63, 3.8) is 0 Å². The zero-order chi connectivity index (χ0) is 27.9. The number of azo groups is 1. The van der Waals surface area contributed by atoms with Crippen LogP contribution in [0.15, 0.2) is 86.7 Å². The van der Waals surface area contributed by atoms with E-state index in [2.05, 4.69) is 21.5 Å². The Morgan fingerprint density at radius 1 is 1.16 bits per heavy atom. The number of aromatic hydroxyl groups is 1. The summed E-state index contributed by atoms with van der Waals surface area (Å²) in [7, 11) is -3.82. The molecule has 0 saturated heterocycles. The van der Waals surface area contributed by atoms with E-state index in [-0.39, 0.29) is 52.5 Å². The van der Waals surface area contributed by atoms with Gasteiger partial charge in [0.15, 0.2) is 5.69 Å². The second-order valence-corrected chi connectivity index (χ2v) is 9.89. The number of esters is 1. The maximum absolute atomic E-state index is 13.1. The summed E-state index contributed by atoms with van der Waals surface area (Å²) in [6.45, 7) is 6.56. The van der Waals surface area contributed by atoms with Crippen LogP contribution in [0.3, 0.4) is 0 Å². The number of benzene rings is 2. The van der Waals surface area contributed by atoms with Crippen LogP contribution in [-0.2, 0) is 19.6 Å². The zero-order valence-corrected chi connectivity index (χ0v) is 21.5. The lowest BCUT2D eigenvalue weighted by Gasteiger charge is -2.12. The molecule has 1 aromatic heterocycles. The van der Waals surface area contributed by atoms with Gasteiger partial charge in [-0.05, 0) is 56.7 Å². The number of nitrogens with zero attached hydrogens (tertiary/aromatic N) is 4. The van der Waals surface area contributed by atoms with E-state index < -0.39 is 27.4 Å². The van der Waals surface area contributed by atoms with Crippen molar-refractivity contribution in [2.45, 2.75) is 25.2 Å². The van der Waals surface area contributed by atoms with Crippen LogP contribution >= 0.6 is 0 Å². The molecule has 0 radical (unpaired) electrons. The molecule has 2 N–H and O–H groups in total. The first kappa shape index (κ1) is 28.0. The number of carbonyl (C=O) groups excluding carboxylic acids is 1. The van der Waals surface area contributed by atoms with Crippen LogP contribution in [0.5, 0.6) is 5.88 Å². The van der Waals surface area contributed by atoms with E-state index in [1.54, 1.807) is 30.3 Å². The zero-order valence-electron chi connectivity index (χ0n) is 20.7. The van der Waals surface area contributed by atoms with E-state index in [0.29, 0.717) is 5.69 Å². The van der Waals surface area contributed by atoms with Crippen LogP contribution in [0, 0.1) is 18.3 Å². The number of hydrogen-bond donors (Lipinski definition) is 2. The van der Waals surface area contributed by atoms with Crippen LogP contribution in [0.1, 0.15) is 24.5 Å². The molecular weight excluding hydrogens is 510 g/mol. The van der Waals surface area contributed by atoms with Gasteiger partial charge in [0.05, 0.1) is 22.9 Å². The van der Waals surface area contributed by atoms with Crippen molar-refractivity contribution in [2.75, 3.05) is 13.2 Å². The molecule has 3 rings (SSSR count). The normalized spacial score (nSPS) is 11.3. The van der Waals surface area contributed by atoms with Gasteiger partial charge in [0.25, 0.3) is 5.56 Å². The summed E-state index contributed by atoms with van der Waals surface area (Å²) in [6.07, 6.45) is 0.279. The number of hydrogen-bond acceptors (Lipinski definition) is 9. The molecule has 0 saturated carbocycles. The van der Waals surface area contributed by atoms with E-state index in [9.17, 15) is 28.4 Å². The summed E-state index contributed by atoms with van der Waals surface area (Å²) in [6, 6.07) is 15.6. The van der Waals surface area contributed by atoms with Crippen LogP contribution < -0.4 is 10.3 Å². The van der Waals surface area contributed by atoms with Crippen LogP contribution in [0.2, 0.25) is 0 Å². The quantitative estimate of drug-likeness (QED) is 0.172. The molecule has 0 aliphatic heterocycles. The number of ether oxygens (including phenoxy) is 1. The van der Waals surface area contributed by atoms with Gasteiger partial charge in [-0.2, -0.15) is 10.4 Å². The number of nitrogens with one attached hydrogen (secondary N) is 1. The number of aromatic nitrogens is 1. The first-order chi connectivity index (χ1) is 18.1. The third-order valence-corrected chi connectivity index (χ3v) is 6.78. The molecule has 0 unspecified atom stereocenters. The van der Waals surface area contributed by atoms with Gasteiger partial charge in [-0.3, -0.25) is 4.79 Å². The Bertz CT molecular complexity index is 1590. The SMILES string of the molecule is C=C(C)C(=O)OCCCNS(=O)(=O)c1ccc(N=Nc2c(C)c(C#N)c(O)n(-c3ccccc3)c2=O)cc1. The highest BCUT2D eigenvalue weighted by atomic mass is 32.2. The van der Waals surface area contributed by atoms with Gasteiger partial charge in [-0.15, -0.1) is 5.11 Å². The van der Waals surface area contributed by atoms with Crippen molar-refractivity contribution in [2.24, 2.45) is 10.2 Å². The van der Waals surface area contributed by atoms with Crippen LogP contribution in [-0.4, -0.2) is 37.2 Å². The first-order valence-electron chi connectivity index (χ1n) is 11.3. The lowest BCUT2D eigenvalue weighted by atomic mass is 10.1. The van der Waals surface area contributed by atoms with Gasteiger partial charge in [0.1, 0.15) is 11.6 Å². The van der Waals surface area contributed by atoms with Crippen LogP contribution in [0.25, 0.3) is 5.69 Å². The third kappa shape index (κ3) is 6.39. The molecule has 12 heteroatoms. The molecule has 1 heterocycles. The number of carbonyl (C=O) groups is 1. The van der Waals surface area contributed by atoms with E-state index >= 15 is 0 Å². The van der Waals surface area contributed by atoms with Crippen molar-refractivity contribution in [3.8, 4) is 17.6 Å². The summed E-state index contributed by atoms with van der Waals surface area (Å²) in [5, 5.41) is 28.1. The van der Waals surface area contributed by atoms with E-state index in [0.717, 1.165) is 4.57 Å². The highest BCUT2D eigenvalue weighted by Gasteiger charge is 2.20. The van der Waals surface area contributed by atoms with Crippen molar-refractivity contribution in [3.05, 3.63) is 88.2 Å². The van der Waals surface area contributed by atoms with E-state index in [1.165, 1.54) is 38.1 Å². The Morgan fingerprint density at radius 3 is 2.42 bits per heavy atom. The minimum absolute atomic E-state index is 0.0191. The predicted molar refractivity (Wildman–Crippen MR) is 139 cm³/mol. The molecule has 38 heavy (non-hydrogen) atoms. The lowest BCUT2D eigenvalue weighted by molar-refractivity contribution is -0.138. The highest BCUT2D eigenvalue weighted by Crippen LogP contribution is 2.29. The number of sulfonamides is 1. The molecule has 2 aromatic carbocycles. The monoisotopic (exact) mass is 535 g/mol. The molecule has 0 spiro atoms. The fourth-order valence-electron chi connectivity index (χ4n) is 3.28. The Hall–Kier alpha value is -4.60. The summed E-state index contributed by atoms with van der Waals surface area (Å²) in [5.41, 5.74) is 0.0785. The summed E-state index contributed by atoms with van der Waals surface area (Å²) in [5.74, 6) is -1.04. The minimum atomic E-state index is -3.82. The van der Waals surface area contributed by atoms with Gasteiger partial charge in [-0.25, -0.2) is 22.5 Å². The van der Waals surface area contributed by atoms with Gasteiger partial charge in [-0.1, -0.05) is 24.8 Å². The number of pyridine rings is 1. The maximum atomic E-state index is 13.1. The molecule has 0 aliphatic carbocycles. The Labute approximate surface area is 219 Å². The molecule has 0 atom stereocenters. The van der Waals surface area contributed by atoms with E-state index in [4.69, 9.17) is 4.74 Å². The minimum Gasteiger partial charge on any atom is -0.493 e. The molecule has 11 nitrogen and oxygen atoms in total. The predicted octanol–water partition coefficient (Wildman–Crippen LogP) is 3.93. The van der Waals surface area contributed by atoms with Gasteiger partial charge in [0, 0.05) is 17.7 Å². The number of para-hydroxylation sites is 1. The Kier molecular flexibility index (Phi) is 8.90. The Morgan fingerprint density at radius 2 is 1.82 bits per heavy atom. The maximum Gasteiger partial charge on any atom is 0.333 e. The number of rotatable bonds is 10. The average molecular weight is 536 g/mol. The summed E-state index contributed by atoms with van der Waals surface area (Å²) in [4.78, 5) is 24.4. The van der Waals surface area contributed by atoms with Crippen molar-refractivity contribution in [1.29, 1.82) is 5.26 Å². The largest absolute Gasteiger partial charge is 0.493 e. The van der Waals surface area contributed by atoms with Gasteiger partial charge >= 0.3 is 5.97 Å². The molecule has 0 bridgehead atoms. The molecule has 196 valence electrons. The Balaban J connectivity index is 1.78. The fraction of sp³-hybridized carbons (Fsp3) is 0.192. The van der Waals surface area contributed by atoms with Crippen molar-refractivity contribution < 1.29 is 23.1 Å². The van der Waals surface area contributed by atoms with Crippen molar-refractivity contribution in [1.82, 2.24) is 9.29 Å². The third-order valence-electron chi connectivity index (χ3n) is 5.30. The molecule has 0 fully saturated rings. The lowest BCUT2D eigenvalue weighted by Crippen LogP contribution is -2.25. The van der Waals surface area contributed by atoms with Crippen molar-refractivity contribution >= 4 is 27.4 Å². The summed E-state index contributed by atoms with van der Waals surface area (Å²) < 4.78 is 33.3. The van der Waals surface area contributed by atoms with E-state index in [1.807, 2.05) is 6.07 Å².